The molecule has 2 aliphatic heterocycles. The van der Waals surface area contributed by atoms with Gasteiger partial charge in [-0.3, -0.25) is 0 Å². The molecule has 0 aromatic rings. The SMILES string of the molecule is C=C1COC(O)C2C1C1C(CCC23CO3)C1(C)C. The second-order valence-electron chi connectivity index (χ2n) is 7.26. The summed E-state index contributed by atoms with van der Waals surface area (Å²) < 4.78 is 11.3. The predicted molar refractivity (Wildman–Crippen MR) is 66.8 cm³/mol. The molecule has 2 heterocycles. The summed E-state index contributed by atoms with van der Waals surface area (Å²) in [6.45, 7) is 10.2. The highest BCUT2D eigenvalue weighted by molar-refractivity contribution is 5.25. The van der Waals surface area contributed by atoms with E-state index in [9.17, 15) is 5.11 Å². The molecule has 0 aromatic heterocycles. The Labute approximate surface area is 108 Å². The van der Waals surface area contributed by atoms with E-state index in [0.717, 1.165) is 18.9 Å². The summed E-state index contributed by atoms with van der Waals surface area (Å²) in [5.41, 5.74) is 1.47. The highest BCUT2D eigenvalue weighted by atomic mass is 16.6. The van der Waals surface area contributed by atoms with Crippen LogP contribution in [-0.2, 0) is 9.47 Å². The molecular formula is C15H22O3. The Hall–Kier alpha value is -0.380. The van der Waals surface area contributed by atoms with Crippen molar-refractivity contribution in [2.75, 3.05) is 13.2 Å². The maximum absolute atomic E-state index is 10.3. The van der Waals surface area contributed by atoms with Crippen molar-refractivity contribution in [3.05, 3.63) is 12.2 Å². The van der Waals surface area contributed by atoms with Gasteiger partial charge in [0.25, 0.3) is 0 Å². The van der Waals surface area contributed by atoms with E-state index in [0.29, 0.717) is 23.9 Å². The normalized spacial score (nSPS) is 56.6. The Morgan fingerprint density at radius 2 is 2.06 bits per heavy atom. The Kier molecular flexibility index (Phi) is 2.03. The van der Waals surface area contributed by atoms with Crippen LogP contribution in [-0.4, -0.2) is 30.2 Å². The molecule has 2 saturated heterocycles. The maximum atomic E-state index is 10.3. The molecule has 6 atom stereocenters. The monoisotopic (exact) mass is 250 g/mol. The summed E-state index contributed by atoms with van der Waals surface area (Å²) in [6, 6.07) is 0. The van der Waals surface area contributed by atoms with Gasteiger partial charge in [-0.2, -0.15) is 0 Å². The van der Waals surface area contributed by atoms with Gasteiger partial charge < -0.3 is 14.6 Å². The number of aliphatic hydroxyl groups is 1. The highest BCUT2D eigenvalue weighted by Gasteiger charge is 2.71. The van der Waals surface area contributed by atoms with Gasteiger partial charge >= 0.3 is 0 Å². The summed E-state index contributed by atoms with van der Waals surface area (Å²) in [5, 5.41) is 10.3. The van der Waals surface area contributed by atoms with Crippen molar-refractivity contribution in [1.82, 2.24) is 0 Å². The molecule has 0 aromatic carbocycles. The van der Waals surface area contributed by atoms with E-state index in [1.807, 2.05) is 0 Å². The van der Waals surface area contributed by atoms with Crippen LogP contribution in [0.25, 0.3) is 0 Å². The first-order valence-corrected chi connectivity index (χ1v) is 7.09. The highest BCUT2D eigenvalue weighted by Crippen LogP contribution is 2.71. The molecule has 6 unspecified atom stereocenters. The Bertz CT molecular complexity index is 410. The van der Waals surface area contributed by atoms with Crippen molar-refractivity contribution >= 4 is 0 Å². The van der Waals surface area contributed by atoms with Crippen LogP contribution in [0, 0.1) is 29.1 Å². The van der Waals surface area contributed by atoms with E-state index in [2.05, 4.69) is 20.4 Å². The Morgan fingerprint density at radius 1 is 1.33 bits per heavy atom. The topological polar surface area (TPSA) is 42.0 Å². The zero-order chi connectivity index (χ0) is 12.7. The van der Waals surface area contributed by atoms with Gasteiger partial charge in [-0.25, -0.2) is 0 Å². The van der Waals surface area contributed by atoms with Crippen LogP contribution >= 0.6 is 0 Å². The van der Waals surface area contributed by atoms with Crippen molar-refractivity contribution in [1.29, 1.82) is 0 Å². The molecule has 0 amide bonds. The molecule has 100 valence electrons. The van der Waals surface area contributed by atoms with E-state index in [1.165, 1.54) is 12.0 Å². The van der Waals surface area contributed by atoms with Gasteiger partial charge in [0.15, 0.2) is 6.29 Å². The minimum atomic E-state index is -0.668. The molecule has 3 heteroatoms. The van der Waals surface area contributed by atoms with Gasteiger partial charge in [-0.1, -0.05) is 20.4 Å². The van der Waals surface area contributed by atoms with Crippen LogP contribution in [0.5, 0.6) is 0 Å². The molecule has 0 radical (unpaired) electrons. The van der Waals surface area contributed by atoms with Crippen LogP contribution in [0.1, 0.15) is 26.7 Å². The fourth-order valence-electron chi connectivity index (χ4n) is 4.94. The molecule has 2 aliphatic carbocycles. The summed E-state index contributed by atoms with van der Waals surface area (Å²) in [4.78, 5) is 0. The van der Waals surface area contributed by atoms with Gasteiger partial charge in [0, 0.05) is 5.92 Å². The van der Waals surface area contributed by atoms with Crippen LogP contribution in [0.3, 0.4) is 0 Å². The van der Waals surface area contributed by atoms with E-state index in [-0.39, 0.29) is 11.5 Å². The molecule has 1 spiro atoms. The maximum Gasteiger partial charge on any atom is 0.161 e. The number of ether oxygens (including phenoxy) is 2. The molecule has 4 fully saturated rings. The van der Waals surface area contributed by atoms with Crippen molar-refractivity contribution in [2.24, 2.45) is 29.1 Å². The lowest BCUT2D eigenvalue weighted by atomic mass is 9.72. The summed E-state index contributed by atoms with van der Waals surface area (Å²) in [6.07, 6.45) is 1.63. The van der Waals surface area contributed by atoms with E-state index in [1.54, 1.807) is 0 Å². The zero-order valence-corrected chi connectivity index (χ0v) is 11.2. The van der Waals surface area contributed by atoms with Crippen molar-refractivity contribution in [2.45, 2.75) is 38.6 Å². The molecule has 0 bridgehead atoms. The lowest BCUT2D eigenvalue weighted by Gasteiger charge is -2.40. The first kappa shape index (κ1) is 11.4. The number of aliphatic hydroxyl groups excluding tert-OH is 1. The first-order valence-electron chi connectivity index (χ1n) is 7.09. The second-order valence-corrected chi connectivity index (χ2v) is 7.26. The van der Waals surface area contributed by atoms with Crippen LogP contribution < -0.4 is 0 Å². The van der Waals surface area contributed by atoms with Crippen molar-refractivity contribution in [3.63, 3.8) is 0 Å². The smallest absolute Gasteiger partial charge is 0.161 e. The third kappa shape index (κ3) is 1.25. The first-order chi connectivity index (χ1) is 8.47. The van der Waals surface area contributed by atoms with Crippen LogP contribution in [0.2, 0.25) is 0 Å². The summed E-state index contributed by atoms with van der Waals surface area (Å²) in [7, 11) is 0. The molecule has 18 heavy (non-hydrogen) atoms. The lowest BCUT2D eigenvalue weighted by molar-refractivity contribution is -0.178. The number of rotatable bonds is 0. The van der Waals surface area contributed by atoms with Gasteiger partial charge in [-0.05, 0) is 41.6 Å². The summed E-state index contributed by atoms with van der Waals surface area (Å²) >= 11 is 0. The predicted octanol–water partition coefficient (Wildman–Crippen LogP) is 1.96. The third-order valence-electron chi connectivity index (χ3n) is 6.13. The number of fused-ring (bicyclic) bond motifs is 4. The molecule has 2 saturated carbocycles. The number of hydrogen-bond donors (Lipinski definition) is 1. The minimum absolute atomic E-state index is 0.100. The van der Waals surface area contributed by atoms with E-state index < -0.39 is 6.29 Å². The standard InChI is InChI=1S/C15H22O3/c1-8-6-17-13(16)12-10(8)11-9(14(11,2)3)4-5-15(12)7-18-15/h9-13,16H,1,4-7H2,2-3H3. The van der Waals surface area contributed by atoms with Gasteiger partial charge in [-0.15, -0.1) is 0 Å². The number of hydrogen-bond acceptors (Lipinski definition) is 3. The van der Waals surface area contributed by atoms with Gasteiger partial charge in [0.1, 0.15) is 0 Å². The van der Waals surface area contributed by atoms with Crippen molar-refractivity contribution < 1.29 is 14.6 Å². The fourth-order valence-corrected chi connectivity index (χ4v) is 4.94. The Balaban J connectivity index is 1.76. The minimum Gasteiger partial charge on any atom is -0.369 e. The van der Waals surface area contributed by atoms with Gasteiger partial charge in [0.2, 0.25) is 0 Å². The van der Waals surface area contributed by atoms with Crippen LogP contribution in [0.4, 0.5) is 0 Å². The molecule has 4 rings (SSSR count). The molecule has 3 nitrogen and oxygen atoms in total. The Morgan fingerprint density at radius 3 is 2.72 bits per heavy atom. The van der Waals surface area contributed by atoms with Crippen LogP contribution in [0.15, 0.2) is 12.2 Å². The molecule has 4 aliphatic rings. The van der Waals surface area contributed by atoms with E-state index in [4.69, 9.17) is 9.47 Å². The second kappa shape index (κ2) is 3.20. The largest absolute Gasteiger partial charge is 0.369 e. The average Bonchev–Trinajstić information content (AvgIpc) is 3.18. The number of epoxide rings is 1. The van der Waals surface area contributed by atoms with Crippen molar-refractivity contribution in [3.8, 4) is 0 Å². The summed E-state index contributed by atoms with van der Waals surface area (Å²) in [5.74, 6) is 1.93. The quantitative estimate of drug-likeness (QED) is 0.528. The molecule has 1 N–H and O–H groups in total. The van der Waals surface area contributed by atoms with Gasteiger partial charge in [0.05, 0.1) is 18.8 Å². The average molecular weight is 250 g/mol. The molecular weight excluding hydrogens is 228 g/mol. The lowest BCUT2D eigenvalue weighted by Crippen LogP contribution is -2.47. The fraction of sp³-hybridized carbons (Fsp3) is 0.867. The zero-order valence-electron chi connectivity index (χ0n) is 11.2. The van der Waals surface area contributed by atoms with E-state index >= 15 is 0 Å². The third-order valence-corrected chi connectivity index (χ3v) is 6.13.